The molecule has 7 heteroatoms. The first-order valence-corrected chi connectivity index (χ1v) is 4.99. The van der Waals surface area contributed by atoms with Crippen LogP contribution in [0.5, 0.6) is 11.5 Å². The van der Waals surface area contributed by atoms with Gasteiger partial charge in [-0.1, -0.05) is 6.07 Å². The number of hydrogen-bond donors (Lipinski definition) is 0. The highest BCUT2D eigenvalue weighted by Gasteiger charge is 2.35. The lowest BCUT2D eigenvalue weighted by Crippen LogP contribution is -2.20. The molecule has 0 heterocycles. The molecular weight excluding hydrogens is 253 g/mol. The zero-order chi connectivity index (χ0) is 13.8. The highest BCUT2D eigenvalue weighted by atomic mass is 19.4. The standard InChI is InChI=1S/C11H11F3O4/c1-3-17-10(15)7-5-4-6-8(16-2)9(7)18-11(12,13)14/h4-6H,3H2,1-2H3. The van der Waals surface area contributed by atoms with Gasteiger partial charge in [-0.2, -0.15) is 0 Å². The van der Waals surface area contributed by atoms with E-state index in [1.165, 1.54) is 25.3 Å². The third-order valence-corrected chi connectivity index (χ3v) is 1.91. The summed E-state index contributed by atoms with van der Waals surface area (Å²) in [6, 6.07) is 3.79. The topological polar surface area (TPSA) is 44.8 Å². The maximum atomic E-state index is 12.3. The Morgan fingerprint density at radius 3 is 2.50 bits per heavy atom. The summed E-state index contributed by atoms with van der Waals surface area (Å²) in [6.07, 6.45) is -4.92. The fourth-order valence-corrected chi connectivity index (χ4v) is 1.27. The van der Waals surface area contributed by atoms with Gasteiger partial charge in [-0.25, -0.2) is 4.79 Å². The van der Waals surface area contributed by atoms with Gasteiger partial charge in [-0.15, -0.1) is 13.2 Å². The van der Waals surface area contributed by atoms with Crippen LogP contribution in [0.1, 0.15) is 17.3 Å². The van der Waals surface area contributed by atoms with Gasteiger partial charge in [-0.05, 0) is 19.1 Å². The summed E-state index contributed by atoms with van der Waals surface area (Å²) in [5.74, 6) is -1.81. The number of methoxy groups -OCH3 is 1. The molecular formula is C11H11F3O4. The van der Waals surface area contributed by atoms with Crippen molar-refractivity contribution in [3.8, 4) is 11.5 Å². The van der Waals surface area contributed by atoms with Crippen LogP contribution >= 0.6 is 0 Å². The highest BCUT2D eigenvalue weighted by molar-refractivity contribution is 5.93. The van der Waals surface area contributed by atoms with Gasteiger partial charge in [-0.3, -0.25) is 0 Å². The number of carbonyl (C=O) groups excluding carboxylic acids is 1. The Bertz CT molecular complexity index is 429. The minimum Gasteiger partial charge on any atom is -0.493 e. The Labute approximate surface area is 101 Å². The SMILES string of the molecule is CCOC(=O)c1cccc(OC)c1OC(F)(F)F. The van der Waals surface area contributed by atoms with Crippen molar-refractivity contribution >= 4 is 5.97 Å². The van der Waals surface area contributed by atoms with Gasteiger partial charge < -0.3 is 14.2 Å². The second-order valence-corrected chi connectivity index (χ2v) is 3.11. The molecule has 4 nitrogen and oxygen atoms in total. The molecule has 0 aromatic heterocycles. The molecule has 1 aromatic rings. The van der Waals surface area contributed by atoms with Gasteiger partial charge in [0.05, 0.1) is 13.7 Å². The van der Waals surface area contributed by atoms with Crippen LogP contribution in [0.25, 0.3) is 0 Å². The van der Waals surface area contributed by atoms with Crippen LogP contribution in [0.3, 0.4) is 0 Å². The van der Waals surface area contributed by atoms with E-state index in [2.05, 4.69) is 9.47 Å². The molecule has 0 aliphatic carbocycles. The van der Waals surface area contributed by atoms with Gasteiger partial charge in [0.2, 0.25) is 0 Å². The largest absolute Gasteiger partial charge is 0.573 e. The molecule has 0 bridgehead atoms. The van der Waals surface area contributed by atoms with Crippen LogP contribution in [0.2, 0.25) is 0 Å². The Hall–Kier alpha value is -1.92. The number of alkyl halides is 3. The summed E-state index contributed by atoms with van der Waals surface area (Å²) >= 11 is 0. The highest BCUT2D eigenvalue weighted by Crippen LogP contribution is 2.35. The van der Waals surface area contributed by atoms with Crippen LogP contribution in [0, 0.1) is 0 Å². The minimum atomic E-state index is -4.92. The lowest BCUT2D eigenvalue weighted by Gasteiger charge is -2.15. The Kier molecular flexibility index (Phi) is 4.41. The van der Waals surface area contributed by atoms with Gasteiger partial charge in [0.25, 0.3) is 0 Å². The minimum absolute atomic E-state index is 0.0432. The first kappa shape index (κ1) is 14.1. The van der Waals surface area contributed by atoms with Crippen molar-refractivity contribution in [2.24, 2.45) is 0 Å². The zero-order valence-electron chi connectivity index (χ0n) is 9.71. The van der Waals surface area contributed by atoms with Crippen LogP contribution in [0.15, 0.2) is 18.2 Å². The molecule has 0 saturated carbocycles. The van der Waals surface area contributed by atoms with Crippen LogP contribution in [-0.2, 0) is 4.74 Å². The predicted octanol–water partition coefficient (Wildman–Crippen LogP) is 2.77. The average molecular weight is 264 g/mol. The molecule has 0 radical (unpaired) electrons. The normalized spacial score (nSPS) is 10.9. The van der Waals surface area contributed by atoms with Crippen molar-refractivity contribution in [1.29, 1.82) is 0 Å². The first-order valence-electron chi connectivity index (χ1n) is 4.99. The monoisotopic (exact) mass is 264 g/mol. The predicted molar refractivity (Wildman–Crippen MR) is 55.6 cm³/mol. The van der Waals surface area contributed by atoms with E-state index < -0.39 is 18.1 Å². The van der Waals surface area contributed by atoms with E-state index in [9.17, 15) is 18.0 Å². The van der Waals surface area contributed by atoms with Crippen LogP contribution in [0.4, 0.5) is 13.2 Å². The summed E-state index contributed by atoms with van der Waals surface area (Å²) in [7, 11) is 1.17. The quantitative estimate of drug-likeness (QED) is 0.784. The van der Waals surface area contributed by atoms with Gasteiger partial charge in [0.15, 0.2) is 11.5 Å². The third kappa shape index (κ3) is 3.54. The van der Waals surface area contributed by atoms with Gasteiger partial charge in [0, 0.05) is 0 Å². The lowest BCUT2D eigenvalue weighted by atomic mass is 10.2. The fraction of sp³-hybridized carbons (Fsp3) is 0.364. The second kappa shape index (κ2) is 5.61. The molecule has 0 fully saturated rings. The van der Waals surface area contributed by atoms with Gasteiger partial charge >= 0.3 is 12.3 Å². The number of carbonyl (C=O) groups is 1. The lowest BCUT2D eigenvalue weighted by molar-refractivity contribution is -0.275. The van der Waals surface area contributed by atoms with E-state index in [1.807, 2.05) is 0 Å². The van der Waals surface area contributed by atoms with E-state index in [0.717, 1.165) is 0 Å². The summed E-state index contributed by atoms with van der Waals surface area (Å²) in [6.45, 7) is 1.59. The van der Waals surface area contributed by atoms with Crippen molar-refractivity contribution in [3.05, 3.63) is 23.8 Å². The molecule has 0 amide bonds. The summed E-state index contributed by atoms with van der Waals surface area (Å²) in [4.78, 5) is 11.5. The van der Waals surface area contributed by atoms with Gasteiger partial charge in [0.1, 0.15) is 5.56 Å². The molecule has 0 saturated heterocycles. The molecule has 18 heavy (non-hydrogen) atoms. The zero-order valence-corrected chi connectivity index (χ0v) is 9.71. The molecule has 0 spiro atoms. The maximum absolute atomic E-state index is 12.3. The van der Waals surface area contributed by atoms with Crippen molar-refractivity contribution in [1.82, 2.24) is 0 Å². The summed E-state index contributed by atoms with van der Waals surface area (Å²) in [5, 5.41) is 0. The molecule has 0 atom stereocenters. The molecule has 0 N–H and O–H groups in total. The number of ether oxygens (including phenoxy) is 3. The number of esters is 1. The van der Waals surface area contributed by atoms with E-state index >= 15 is 0 Å². The Morgan fingerprint density at radius 2 is 2.00 bits per heavy atom. The van der Waals surface area contributed by atoms with E-state index in [0.29, 0.717) is 0 Å². The maximum Gasteiger partial charge on any atom is 0.573 e. The number of para-hydroxylation sites is 1. The molecule has 1 aromatic carbocycles. The van der Waals surface area contributed by atoms with Crippen molar-refractivity contribution in [3.63, 3.8) is 0 Å². The smallest absolute Gasteiger partial charge is 0.493 e. The summed E-state index contributed by atoms with van der Waals surface area (Å²) in [5.41, 5.74) is -0.339. The number of rotatable bonds is 4. The van der Waals surface area contributed by atoms with Crippen molar-refractivity contribution in [2.75, 3.05) is 13.7 Å². The fourth-order valence-electron chi connectivity index (χ4n) is 1.27. The van der Waals surface area contributed by atoms with E-state index in [4.69, 9.17) is 4.74 Å². The first-order chi connectivity index (χ1) is 8.39. The number of benzene rings is 1. The second-order valence-electron chi connectivity index (χ2n) is 3.11. The molecule has 100 valence electrons. The third-order valence-electron chi connectivity index (χ3n) is 1.91. The molecule has 0 unspecified atom stereocenters. The Morgan fingerprint density at radius 1 is 1.33 bits per heavy atom. The van der Waals surface area contributed by atoms with Crippen LogP contribution < -0.4 is 9.47 Å². The van der Waals surface area contributed by atoms with Crippen molar-refractivity contribution < 1.29 is 32.2 Å². The number of halogens is 3. The average Bonchev–Trinajstić information content (AvgIpc) is 2.27. The summed E-state index contributed by atoms with van der Waals surface area (Å²) < 4.78 is 49.9. The molecule has 0 aliphatic heterocycles. The van der Waals surface area contributed by atoms with Crippen molar-refractivity contribution in [2.45, 2.75) is 13.3 Å². The number of hydrogen-bond acceptors (Lipinski definition) is 4. The molecule has 1 rings (SSSR count). The van der Waals surface area contributed by atoms with E-state index in [-0.39, 0.29) is 17.9 Å². The Balaban J connectivity index is 3.20. The van der Waals surface area contributed by atoms with Crippen LogP contribution in [-0.4, -0.2) is 26.0 Å². The van der Waals surface area contributed by atoms with E-state index in [1.54, 1.807) is 6.92 Å². The molecule has 0 aliphatic rings.